The second-order valence-corrected chi connectivity index (χ2v) is 10.8. The van der Waals surface area contributed by atoms with Crippen molar-refractivity contribution in [2.45, 2.75) is 62.3 Å². The van der Waals surface area contributed by atoms with Crippen LogP contribution in [0, 0.1) is 0 Å². The van der Waals surface area contributed by atoms with Crippen molar-refractivity contribution < 1.29 is 53.7 Å². The topological polar surface area (TPSA) is 323 Å². The molecule has 0 radical (unpaired) electrons. The van der Waals surface area contributed by atoms with Crippen molar-refractivity contribution in [2.24, 2.45) is 17.2 Å². The number of aliphatic carboxylic acids is 2. The minimum Gasteiger partial charge on any atom is -0.508 e. The number of phenols is 1. The van der Waals surface area contributed by atoms with Crippen LogP contribution in [0.15, 0.2) is 24.3 Å². The molecule has 0 spiro atoms. The summed E-state index contributed by atoms with van der Waals surface area (Å²) in [5, 5.41) is 36.8. The Morgan fingerprint density at radius 3 is 1.71 bits per heavy atom. The van der Waals surface area contributed by atoms with Gasteiger partial charge in [-0.1, -0.05) is 12.1 Å². The van der Waals surface area contributed by atoms with Crippen LogP contribution in [0.3, 0.4) is 0 Å². The van der Waals surface area contributed by atoms with Crippen LogP contribution >= 0.6 is 11.8 Å². The second-order valence-electron chi connectivity index (χ2n) is 9.78. The number of primary amides is 2. The number of carboxylic acid groups (broad SMARTS) is 2. The first-order valence-electron chi connectivity index (χ1n) is 13.3. The fourth-order valence-electron chi connectivity index (χ4n) is 3.77. The third-order valence-electron chi connectivity index (χ3n) is 6.04. The summed E-state index contributed by atoms with van der Waals surface area (Å²) in [6.45, 7) is 0. The van der Waals surface area contributed by atoms with Crippen molar-refractivity contribution in [3.05, 3.63) is 29.8 Å². The van der Waals surface area contributed by atoms with Crippen LogP contribution in [0.1, 0.15) is 31.2 Å². The van der Waals surface area contributed by atoms with E-state index in [1.165, 1.54) is 36.0 Å². The molecule has 0 aliphatic heterocycles. The van der Waals surface area contributed by atoms with E-state index in [2.05, 4.69) is 16.0 Å². The van der Waals surface area contributed by atoms with Crippen molar-refractivity contribution in [2.75, 3.05) is 12.0 Å². The largest absolute Gasteiger partial charge is 0.508 e. The molecule has 0 aromatic heterocycles. The number of hydrogen-bond acceptors (Lipinski definition) is 11. The molecule has 0 bridgehead atoms. The van der Waals surface area contributed by atoms with E-state index in [1.54, 1.807) is 6.26 Å². The highest BCUT2D eigenvalue weighted by Gasteiger charge is 2.33. The van der Waals surface area contributed by atoms with Gasteiger partial charge in [0.25, 0.3) is 0 Å². The van der Waals surface area contributed by atoms with E-state index in [1.807, 2.05) is 5.32 Å². The van der Waals surface area contributed by atoms with Gasteiger partial charge >= 0.3 is 11.9 Å². The molecule has 6 amide bonds. The highest BCUT2D eigenvalue weighted by atomic mass is 32.2. The number of phenolic OH excluding ortho intramolecular Hbond substituents is 1. The van der Waals surface area contributed by atoms with Gasteiger partial charge in [-0.2, -0.15) is 11.8 Å². The number of benzene rings is 1. The van der Waals surface area contributed by atoms with Crippen LogP contribution in [0.5, 0.6) is 5.75 Å². The van der Waals surface area contributed by atoms with Gasteiger partial charge in [-0.3, -0.25) is 33.6 Å². The minimum absolute atomic E-state index is 0.0489. The lowest BCUT2D eigenvalue weighted by molar-refractivity contribution is -0.147. The van der Waals surface area contributed by atoms with Crippen LogP contribution in [0.25, 0.3) is 0 Å². The Balaban J connectivity index is 3.25. The summed E-state index contributed by atoms with van der Waals surface area (Å²) >= 11 is 1.28. The highest BCUT2D eigenvalue weighted by molar-refractivity contribution is 7.98. The van der Waals surface area contributed by atoms with Crippen molar-refractivity contribution >= 4 is 59.1 Å². The first kappa shape index (κ1) is 38.1. The number of rotatable bonds is 20. The van der Waals surface area contributed by atoms with Crippen molar-refractivity contribution in [3.8, 4) is 5.75 Å². The maximum atomic E-state index is 13.4. The molecule has 248 valence electrons. The highest BCUT2D eigenvalue weighted by Crippen LogP contribution is 2.12. The van der Waals surface area contributed by atoms with Crippen molar-refractivity contribution in [3.63, 3.8) is 0 Å². The Bertz CT molecular complexity index is 1260. The molecule has 0 saturated carbocycles. The maximum Gasteiger partial charge on any atom is 0.326 e. The van der Waals surface area contributed by atoms with Crippen LogP contribution in [-0.2, 0) is 44.8 Å². The van der Waals surface area contributed by atoms with Crippen molar-refractivity contribution in [1.82, 2.24) is 21.3 Å². The van der Waals surface area contributed by atoms with E-state index >= 15 is 0 Å². The molecule has 0 aliphatic rings. The van der Waals surface area contributed by atoms with E-state index in [0.29, 0.717) is 5.56 Å². The zero-order valence-corrected chi connectivity index (χ0v) is 25.0. The molecule has 1 rings (SSSR count). The van der Waals surface area contributed by atoms with E-state index in [9.17, 15) is 48.6 Å². The Labute approximate surface area is 261 Å². The second kappa shape index (κ2) is 18.7. The van der Waals surface area contributed by atoms with E-state index in [0.717, 1.165) is 0 Å². The van der Waals surface area contributed by atoms with Gasteiger partial charge in [0.15, 0.2) is 0 Å². The summed E-state index contributed by atoms with van der Waals surface area (Å²) in [5.74, 6) is -8.88. The number of amides is 6. The average molecular weight is 656 g/mol. The number of nitrogens with two attached hydrogens (primary N) is 3. The van der Waals surface area contributed by atoms with E-state index < -0.39 is 96.9 Å². The number of carboxylic acids is 2. The van der Waals surface area contributed by atoms with Gasteiger partial charge in [0.2, 0.25) is 35.4 Å². The lowest BCUT2D eigenvalue weighted by atomic mass is 10.0. The summed E-state index contributed by atoms with van der Waals surface area (Å²) < 4.78 is 0. The molecule has 13 N–H and O–H groups in total. The molecule has 0 heterocycles. The van der Waals surface area contributed by atoms with Crippen LogP contribution in [0.4, 0.5) is 0 Å². The van der Waals surface area contributed by atoms with E-state index in [4.69, 9.17) is 22.3 Å². The predicted octanol–water partition coefficient (Wildman–Crippen LogP) is -3.74. The molecule has 0 aliphatic carbocycles. The zero-order chi connectivity index (χ0) is 34.3. The number of hydrogen-bond donors (Lipinski definition) is 10. The lowest BCUT2D eigenvalue weighted by Gasteiger charge is -2.26. The summed E-state index contributed by atoms with van der Waals surface area (Å²) in [7, 11) is 0. The Morgan fingerprint density at radius 2 is 1.20 bits per heavy atom. The predicted molar refractivity (Wildman–Crippen MR) is 158 cm³/mol. The van der Waals surface area contributed by atoms with Gasteiger partial charge in [0.05, 0.1) is 25.3 Å². The summed E-state index contributed by atoms with van der Waals surface area (Å²) in [6, 6.07) is -2.24. The number of nitrogens with one attached hydrogen (secondary N) is 4. The molecular formula is C26H37N7O11S. The number of carbonyl (C=O) groups excluding carboxylic acids is 6. The first-order chi connectivity index (χ1) is 21.0. The van der Waals surface area contributed by atoms with Crippen LogP contribution in [-0.4, -0.2) is 105 Å². The Morgan fingerprint density at radius 1 is 0.711 bits per heavy atom. The normalized spacial score (nSPS) is 14.0. The smallest absolute Gasteiger partial charge is 0.326 e. The van der Waals surface area contributed by atoms with Gasteiger partial charge in [0, 0.05) is 6.42 Å². The zero-order valence-electron chi connectivity index (χ0n) is 24.2. The Kier molecular flexibility index (Phi) is 15.8. The molecule has 0 unspecified atom stereocenters. The van der Waals surface area contributed by atoms with Gasteiger partial charge < -0.3 is 53.8 Å². The molecule has 18 nitrogen and oxygen atoms in total. The molecule has 19 heteroatoms. The minimum atomic E-state index is -1.81. The lowest BCUT2D eigenvalue weighted by Crippen LogP contribution is -2.59. The van der Waals surface area contributed by atoms with Gasteiger partial charge in [-0.15, -0.1) is 0 Å². The van der Waals surface area contributed by atoms with Crippen LogP contribution in [0.2, 0.25) is 0 Å². The van der Waals surface area contributed by atoms with E-state index in [-0.39, 0.29) is 24.3 Å². The summed E-state index contributed by atoms with van der Waals surface area (Å²) in [5.41, 5.74) is 16.5. The molecule has 45 heavy (non-hydrogen) atoms. The number of thioether (sulfide) groups is 1. The van der Waals surface area contributed by atoms with Gasteiger partial charge in [-0.05, 0) is 36.1 Å². The third-order valence-corrected chi connectivity index (χ3v) is 6.69. The fourth-order valence-corrected chi connectivity index (χ4v) is 4.24. The molecule has 5 atom stereocenters. The quantitative estimate of drug-likeness (QED) is 0.0646. The fraction of sp³-hybridized carbons (Fsp3) is 0.462. The molecule has 1 aromatic carbocycles. The first-order valence-corrected chi connectivity index (χ1v) is 14.7. The Hall–Kier alpha value is -4.91. The number of aromatic hydroxyl groups is 1. The SMILES string of the molecule is CSCC[C@H](NC(=O)[C@H](CC(N)=O)NC(=O)[C@H](Cc1ccc(O)cc1)NC(=O)[C@@H](N)CC(N)=O)C(=O)N[C@@H](CC(=O)O)C(=O)O. The van der Waals surface area contributed by atoms with Gasteiger partial charge in [0.1, 0.15) is 29.9 Å². The maximum absolute atomic E-state index is 13.4. The standard InChI is InChI=1S/C26H37N7O11S/c1-45-7-6-15(23(40)33-18(26(43)44)11-21(37)38)30-25(42)17(10-20(29)36)32-24(41)16(8-12-2-4-13(34)5-3-12)31-22(39)14(27)9-19(28)35/h2-5,14-18,34H,6-11,27H2,1H3,(H2,28,35)(H2,29,36)(H,30,42)(H,31,39)(H,32,41)(H,33,40)(H,37,38)(H,43,44)/t14-,15-,16-,17-,18-/m0/s1. The molecule has 0 fully saturated rings. The number of carbonyl (C=O) groups is 8. The third kappa shape index (κ3) is 14.4. The van der Waals surface area contributed by atoms with Crippen molar-refractivity contribution in [1.29, 1.82) is 0 Å². The van der Waals surface area contributed by atoms with Gasteiger partial charge in [-0.25, -0.2) is 4.79 Å². The molecule has 0 saturated heterocycles. The summed E-state index contributed by atoms with van der Waals surface area (Å²) in [6.07, 6.45) is -0.804. The molecule has 1 aromatic rings. The van der Waals surface area contributed by atoms with Crippen LogP contribution < -0.4 is 38.5 Å². The average Bonchev–Trinajstić information content (AvgIpc) is 2.94. The summed E-state index contributed by atoms with van der Waals surface area (Å²) in [4.78, 5) is 97.5. The monoisotopic (exact) mass is 655 g/mol. The molecular weight excluding hydrogens is 618 g/mol.